The zero-order chi connectivity index (χ0) is 13.0. The summed E-state index contributed by atoms with van der Waals surface area (Å²) >= 11 is 0. The third kappa shape index (κ3) is 2.77. The van der Waals surface area contributed by atoms with Crippen LogP contribution in [0.2, 0.25) is 0 Å². The van der Waals surface area contributed by atoms with Crippen molar-refractivity contribution in [3.05, 3.63) is 48.3 Å². The molecule has 1 aromatic carbocycles. The van der Waals surface area contributed by atoms with Crippen LogP contribution in [0.25, 0.3) is 0 Å². The Balaban J connectivity index is 2.18. The van der Waals surface area contributed by atoms with E-state index in [0.717, 1.165) is 17.1 Å². The third-order valence-electron chi connectivity index (χ3n) is 2.53. The Kier molecular flexibility index (Phi) is 3.44. The van der Waals surface area contributed by atoms with Crippen LogP contribution in [-0.4, -0.2) is 19.1 Å². The van der Waals surface area contributed by atoms with E-state index >= 15 is 0 Å². The van der Waals surface area contributed by atoms with E-state index in [4.69, 9.17) is 5.26 Å². The lowest BCUT2D eigenvalue weighted by atomic mass is 10.2. The lowest BCUT2D eigenvalue weighted by Gasteiger charge is -2.14. The van der Waals surface area contributed by atoms with Crippen molar-refractivity contribution in [2.24, 2.45) is 0 Å². The number of anilines is 3. The molecule has 0 amide bonds. The summed E-state index contributed by atoms with van der Waals surface area (Å²) in [6, 6.07) is 13.6. The zero-order valence-corrected chi connectivity index (χ0v) is 10.4. The Labute approximate surface area is 107 Å². The van der Waals surface area contributed by atoms with Gasteiger partial charge in [-0.25, -0.2) is 4.98 Å². The summed E-state index contributed by atoms with van der Waals surface area (Å²) in [5.41, 5.74) is 3.40. The highest BCUT2D eigenvalue weighted by atomic mass is 15.1. The molecule has 1 heterocycles. The molecule has 1 N–H and O–H groups in total. The number of rotatable bonds is 3. The Morgan fingerprint density at radius 1 is 1.17 bits per heavy atom. The van der Waals surface area contributed by atoms with Crippen LogP contribution in [0.5, 0.6) is 0 Å². The van der Waals surface area contributed by atoms with E-state index in [0.29, 0.717) is 5.69 Å². The van der Waals surface area contributed by atoms with Crippen LogP contribution in [0.3, 0.4) is 0 Å². The van der Waals surface area contributed by atoms with Gasteiger partial charge in [0.2, 0.25) is 0 Å². The second kappa shape index (κ2) is 5.19. The van der Waals surface area contributed by atoms with Crippen LogP contribution in [0, 0.1) is 11.3 Å². The van der Waals surface area contributed by atoms with Gasteiger partial charge in [-0.15, -0.1) is 0 Å². The molecule has 0 saturated carbocycles. The molecule has 1 aromatic heterocycles. The minimum atomic E-state index is 0.419. The fourth-order valence-corrected chi connectivity index (χ4v) is 1.56. The van der Waals surface area contributed by atoms with Crippen molar-refractivity contribution in [2.45, 2.75) is 0 Å². The molecule has 0 saturated heterocycles. The Hall–Kier alpha value is -2.54. The summed E-state index contributed by atoms with van der Waals surface area (Å²) in [7, 11) is 4.00. The molecule has 4 nitrogen and oxygen atoms in total. The quantitative estimate of drug-likeness (QED) is 0.893. The van der Waals surface area contributed by atoms with Gasteiger partial charge in [-0.05, 0) is 30.3 Å². The number of nitrogens with one attached hydrogen (secondary N) is 1. The van der Waals surface area contributed by atoms with Crippen LogP contribution in [0.15, 0.2) is 42.6 Å². The monoisotopic (exact) mass is 238 g/mol. The second-order valence-electron chi connectivity index (χ2n) is 4.11. The second-order valence-corrected chi connectivity index (χ2v) is 4.11. The lowest BCUT2D eigenvalue weighted by molar-refractivity contribution is 1.13. The van der Waals surface area contributed by atoms with Gasteiger partial charge in [0.1, 0.15) is 11.8 Å². The smallest absolute Gasteiger partial charge is 0.140 e. The molecule has 4 heteroatoms. The number of hydrogen-bond acceptors (Lipinski definition) is 4. The van der Waals surface area contributed by atoms with Gasteiger partial charge in [0.15, 0.2) is 0 Å². The molecule has 0 atom stereocenters. The SMILES string of the molecule is CN(C)c1cccc(Nc2ccc(C#N)nc2)c1. The summed E-state index contributed by atoms with van der Waals surface area (Å²) in [5.74, 6) is 0. The summed E-state index contributed by atoms with van der Waals surface area (Å²) in [4.78, 5) is 6.06. The molecule has 0 aliphatic heterocycles. The van der Waals surface area contributed by atoms with Gasteiger partial charge in [-0.2, -0.15) is 5.26 Å². The van der Waals surface area contributed by atoms with Gasteiger partial charge < -0.3 is 10.2 Å². The fraction of sp³-hybridized carbons (Fsp3) is 0.143. The Bertz CT molecular complexity index is 567. The molecule has 0 aliphatic carbocycles. The van der Waals surface area contributed by atoms with Crippen molar-refractivity contribution in [3.8, 4) is 6.07 Å². The highest BCUT2D eigenvalue weighted by molar-refractivity contribution is 5.64. The summed E-state index contributed by atoms with van der Waals surface area (Å²) in [5, 5.41) is 11.9. The predicted molar refractivity (Wildman–Crippen MR) is 73.0 cm³/mol. The number of hydrogen-bond donors (Lipinski definition) is 1. The Morgan fingerprint density at radius 3 is 2.61 bits per heavy atom. The molecule has 0 bridgehead atoms. The first-order chi connectivity index (χ1) is 8.69. The molecule has 2 rings (SSSR count). The van der Waals surface area contributed by atoms with E-state index in [1.807, 2.05) is 49.3 Å². The molecule has 0 radical (unpaired) electrons. The van der Waals surface area contributed by atoms with Crippen LogP contribution in [0.4, 0.5) is 17.1 Å². The first-order valence-electron chi connectivity index (χ1n) is 5.59. The largest absolute Gasteiger partial charge is 0.378 e. The van der Waals surface area contributed by atoms with E-state index in [2.05, 4.69) is 16.4 Å². The van der Waals surface area contributed by atoms with Crippen LogP contribution >= 0.6 is 0 Å². The number of nitriles is 1. The van der Waals surface area contributed by atoms with E-state index in [1.165, 1.54) is 0 Å². The highest BCUT2D eigenvalue weighted by Crippen LogP contribution is 2.21. The first-order valence-corrected chi connectivity index (χ1v) is 5.59. The summed E-state index contributed by atoms with van der Waals surface area (Å²) in [6.45, 7) is 0. The van der Waals surface area contributed by atoms with E-state index < -0.39 is 0 Å². The molecular weight excluding hydrogens is 224 g/mol. The standard InChI is InChI=1S/C14H14N4/c1-18(2)14-5-3-4-11(8-14)17-13-7-6-12(9-15)16-10-13/h3-8,10,17H,1-2H3. The normalized spacial score (nSPS) is 9.61. The lowest BCUT2D eigenvalue weighted by Crippen LogP contribution is -2.08. The fourth-order valence-electron chi connectivity index (χ4n) is 1.56. The van der Waals surface area contributed by atoms with Gasteiger partial charge in [0.05, 0.1) is 11.9 Å². The average Bonchev–Trinajstić information content (AvgIpc) is 2.40. The van der Waals surface area contributed by atoms with Crippen LogP contribution < -0.4 is 10.2 Å². The van der Waals surface area contributed by atoms with Crippen molar-refractivity contribution < 1.29 is 0 Å². The summed E-state index contributed by atoms with van der Waals surface area (Å²) in [6.07, 6.45) is 1.65. The molecule has 0 fully saturated rings. The molecule has 0 spiro atoms. The maximum atomic E-state index is 8.68. The van der Waals surface area contributed by atoms with E-state index in [9.17, 15) is 0 Å². The molecule has 90 valence electrons. The van der Waals surface area contributed by atoms with Gasteiger partial charge in [0, 0.05) is 25.5 Å². The zero-order valence-electron chi connectivity index (χ0n) is 10.4. The van der Waals surface area contributed by atoms with Crippen molar-refractivity contribution in [2.75, 3.05) is 24.3 Å². The van der Waals surface area contributed by atoms with Crippen LogP contribution in [-0.2, 0) is 0 Å². The molecule has 0 aliphatic rings. The Morgan fingerprint density at radius 2 is 2.00 bits per heavy atom. The molecule has 18 heavy (non-hydrogen) atoms. The molecule has 0 unspecified atom stereocenters. The number of nitrogens with zero attached hydrogens (tertiary/aromatic N) is 3. The number of benzene rings is 1. The van der Waals surface area contributed by atoms with Gasteiger partial charge in [-0.3, -0.25) is 0 Å². The minimum Gasteiger partial charge on any atom is -0.378 e. The summed E-state index contributed by atoms with van der Waals surface area (Å²) < 4.78 is 0. The van der Waals surface area contributed by atoms with Crippen molar-refractivity contribution in [3.63, 3.8) is 0 Å². The topological polar surface area (TPSA) is 52.0 Å². The van der Waals surface area contributed by atoms with E-state index in [-0.39, 0.29) is 0 Å². The molecule has 2 aromatic rings. The number of aromatic nitrogens is 1. The van der Waals surface area contributed by atoms with E-state index in [1.54, 1.807) is 12.3 Å². The molecular formula is C14H14N4. The first kappa shape index (κ1) is 11.9. The van der Waals surface area contributed by atoms with Crippen molar-refractivity contribution in [1.82, 2.24) is 4.98 Å². The predicted octanol–water partition coefficient (Wildman–Crippen LogP) is 2.76. The third-order valence-corrected chi connectivity index (χ3v) is 2.53. The minimum absolute atomic E-state index is 0.419. The maximum Gasteiger partial charge on any atom is 0.140 e. The highest BCUT2D eigenvalue weighted by Gasteiger charge is 1.99. The maximum absolute atomic E-state index is 8.68. The average molecular weight is 238 g/mol. The van der Waals surface area contributed by atoms with Gasteiger partial charge >= 0.3 is 0 Å². The van der Waals surface area contributed by atoms with Crippen molar-refractivity contribution in [1.29, 1.82) is 5.26 Å². The van der Waals surface area contributed by atoms with Gasteiger partial charge in [-0.1, -0.05) is 6.07 Å². The van der Waals surface area contributed by atoms with Crippen molar-refractivity contribution >= 4 is 17.1 Å². The van der Waals surface area contributed by atoms with Gasteiger partial charge in [0.25, 0.3) is 0 Å². The number of pyridine rings is 1. The van der Waals surface area contributed by atoms with Crippen LogP contribution in [0.1, 0.15) is 5.69 Å².